The fraction of sp³-hybridized carbons (Fsp3) is 0.167. The molecule has 0 aliphatic rings. The summed E-state index contributed by atoms with van der Waals surface area (Å²) in [7, 11) is 0. The first kappa shape index (κ1) is 22.7. The number of carbonyl (C=O) groups is 1. The van der Waals surface area contributed by atoms with Gasteiger partial charge in [0.25, 0.3) is 5.91 Å². The van der Waals surface area contributed by atoms with E-state index >= 15 is 0 Å². The van der Waals surface area contributed by atoms with Gasteiger partial charge in [0.15, 0.2) is 11.5 Å². The topological polar surface area (TPSA) is 59.9 Å². The molecule has 0 bridgehead atoms. The van der Waals surface area contributed by atoms with Gasteiger partial charge in [0.05, 0.1) is 12.8 Å². The van der Waals surface area contributed by atoms with E-state index in [0.29, 0.717) is 33.7 Å². The van der Waals surface area contributed by atoms with Gasteiger partial charge in [-0.05, 0) is 61.4 Å². The van der Waals surface area contributed by atoms with Crippen molar-refractivity contribution >= 4 is 35.3 Å². The highest BCUT2D eigenvalue weighted by Crippen LogP contribution is 2.30. The number of hydrogen-bond donors (Lipinski definition) is 1. The van der Waals surface area contributed by atoms with Crippen molar-refractivity contribution in [3.63, 3.8) is 0 Å². The van der Waals surface area contributed by atoms with Crippen molar-refractivity contribution in [2.45, 2.75) is 20.5 Å². The lowest BCUT2D eigenvalue weighted by Crippen LogP contribution is -2.18. The minimum absolute atomic E-state index is 0.265. The molecule has 0 unspecified atom stereocenters. The highest BCUT2D eigenvalue weighted by atomic mass is 35.5. The predicted molar refractivity (Wildman–Crippen MR) is 125 cm³/mol. The summed E-state index contributed by atoms with van der Waals surface area (Å²) in [4.78, 5) is 12.3. The van der Waals surface area contributed by atoms with Gasteiger partial charge < -0.3 is 9.47 Å². The standard InChI is InChI=1S/C24H22Cl2N2O3/c1-3-30-23-12-17(14-27-28-24(29)20-7-5-4-6-16(20)2)8-11-22(23)31-15-18-9-10-19(25)13-21(18)26/h4-14H,3,15H2,1-2H3,(H,28,29)/b27-14-. The summed E-state index contributed by atoms with van der Waals surface area (Å²) < 4.78 is 11.6. The molecule has 0 atom stereocenters. The maximum absolute atomic E-state index is 12.3. The van der Waals surface area contributed by atoms with Gasteiger partial charge in [-0.1, -0.05) is 47.5 Å². The van der Waals surface area contributed by atoms with Gasteiger partial charge in [0.1, 0.15) is 6.61 Å². The van der Waals surface area contributed by atoms with Crippen molar-refractivity contribution in [2.75, 3.05) is 6.61 Å². The molecule has 0 aliphatic carbocycles. The van der Waals surface area contributed by atoms with Crippen molar-refractivity contribution in [3.05, 3.63) is 93.0 Å². The molecule has 3 aromatic rings. The van der Waals surface area contributed by atoms with Gasteiger partial charge in [0.2, 0.25) is 0 Å². The average molecular weight is 457 g/mol. The third-order valence-corrected chi connectivity index (χ3v) is 5.02. The molecule has 0 saturated carbocycles. The molecule has 0 aromatic heterocycles. The van der Waals surface area contributed by atoms with Crippen LogP contribution in [0.5, 0.6) is 11.5 Å². The fourth-order valence-corrected chi connectivity index (χ4v) is 3.30. The molecule has 0 radical (unpaired) electrons. The van der Waals surface area contributed by atoms with E-state index in [9.17, 15) is 4.79 Å². The number of hydrazone groups is 1. The maximum atomic E-state index is 12.3. The zero-order valence-electron chi connectivity index (χ0n) is 17.2. The van der Waals surface area contributed by atoms with E-state index in [-0.39, 0.29) is 12.5 Å². The monoisotopic (exact) mass is 456 g/mol. The molecule has 5 nitrogen and oxygen atoms in total. The van der Waals surface area contributed by atoms with Crippen LogP contribution in [0.25, 0.3) is 0 Å². The zero-order valence-corrected chi connectivity index (χ0v) is 18.7. The second-order valence-corrected chi connectivity index (χ2v) is 7.52. The van der Waals surface area contributed by atoms with Crippen molar-refractivity contribution in [2.24, 2.45) is 5.10 Å². The van der Waals surface area contributed by atoms with Gasteiger partial charge in [-0.15, -0.1) is 0 Å². The first-order valence-electron chi connectivity index (χ1n) is 9.70. The molecule has 160 valence electrons. The van der Waals surface area contributed by atoms with Gasteiger partial charge >= 0.3 is 0 Å². The highest BCUT2D eigenvalue weighted by molar-refractivity contribution is 6.35. The largest absolute Gasteiger partial charge is 0.490 e. The zero-order chi connectivity index (χ0) is 22.2. The van der Waals surface area contributed by atoms with E-state index in [0.717, 1.165) is 16.7 Å². The summed E-state index contributed by atoms with van der Waals surface area (Å²) in [6.07, 6.45) is 1.55. The summed E-state index contributed by atoms with van der Waals surface area (Å²) in [5.74, 6) is 0.884. The van der Waals surface area contributed by atoms with Gasteiger partial charge in [-0.2, -0.15) is 5.10 Å². The number of aryl methyl sites for hydroxylation is 1. The normalized spacial score (nSPS) is 10.8. The van der Waals surface area contributed by atoms with Gasteiger partial charge in [-0.25, -0.2) is 5.43 Å². The van der Waals surface area contributed by atoms with Crippen LogP contribution in [-0.4, -0.2) is 18.7 Å². The van der Waals surface area contributed by atoms with Crippen molar-refractivity contribution < 1.29 is 14.3 Å². The third-order valence-electron chi connectivity index (χ3n) is 4.44. The smallest absolute Gasteiger partial charge is 0.271 e. The minimum Gasteiger partial charge on any atom is -0.490 e. The SMILES string of the molecule is CCOc1cc(/C=N\NC(=O)c2ccccc2C)ccc1OCc1ccc(Cl)cc1Cl. The van der Waals surface area contributed by atoms with Crippen molar-refractivity contribution in [1.29, 1.82) is 0 Å². The molecule has 1 N–H and O–H groups in total. The summed E-state index contributed by atoms with van der Waals surface area (Å²) in [5, 5.41) is 5.16. The van der Waals surface area contributed by atoms with E-state index in [2.05, 4.69) is 10.5 Å². The average Bonchev–Trinajstić information content (AvgIpc) is 2.74. The third kappa shape index (κ3) is 6.23. The quantitative estimate of drug-likeness (QED) is 0.331. The molecule has 3 rings (SSSR count). The molecule has 3 aromatic carbocycles. The summed E-state index contributed by atoms with van der Waals surface area (Å²) in [6, 6.07) is 18.0. The molecule has 0 saturated heterocycles. The number of ether oxygens (including phenoxy) is 2. The number of rotatable bonds is 8. The number of nitrogens with zero attached hydrogens (tertiary/aromatic N) is 1. The van der Waals surface area contributed by atoms with Crippen LogP contribution in [0.15, 0.2) is 65.8 Å². The van der Waals surface area contributed by atoms with Crippen LogP contribution in [0.3, 0.4) is 0 Å². The Kier molecular flexibility index (Phi) is 7.93. The molecule has 31 heavy (non-hydrogen) atoms. The van der Waals surface area contributed by atoms with Gasteiger partial charge in [0, 0.05) is 21.2 Å². The first-order valence-corrected chi connectivity index (χ1v) is 10.5. The van der Waals surface area contributed by atoms with Crippen LogP contribution in [0.4, 0.5) is 0 Å². The van der Waals surface area contributed by atoms with Crippen LogP contribution in [0.2, 0.25) is 10.0 Å². The van der Waals surface area contributed by atoms with Crippen molar-refractivity contribution in [3.8, 4) is 11.5 Å². The Bertz CT molecular complexity index is 1100. The van der Waals surface area contributed by atoms with Crippen LogP contribution in [0, 0.1) is 6.92 Å². The van der Waals surface area contributed by atoms with Crippen LogP contribution < -0.4 is 14.9 Å². The molecule has 0 aliphatic heterocycles. The molecule has 0 heterocycles. The van der Waals surface area contributed by atoms with Crippen molar-refractivity contribution in [1.82, 2.24) is 5.43 Å². The lowest BCUT2D eigenvalue weighted by molar-refractivity contribution is 0.0954. The van der Waals surface area contributed by atoms with E-state index in [1.54, 1.807) is 36.5 Å². The number of halogens is 2. The molecule has 1 amide bonds. The summed E-state index contributed by atoms with van der Waals surface area (Å²) in [6.45, 7) is 4.52. The molecular formula is C24H22Cl2N2O3. The molecule has 0 fully saturated rings. The Balaban J connectivity index is 1.68. The highest BCUT2D eigenvalue weighted by Gasteiger charge is 2.09. The predicted octanol–water partition coefficient (Wildman–Crippen LogP) is 6.04. The second kappa shape index (κ2) is 10.8. The minimum atomic E-state index is -0.265. The van der Waals surface area contributed by atoms with Crippen LogP contribution >= 0.6 is 23.2 Å². The Morgan fingerprint density at radius 3 is 2.58 bits per heavy atom. The number of nitrogens with one attached hydrogen (secondary N) is 1. The lowest BCUT2D eigenvalue weighted by Gasteiger charge is -2.13. The lowest BCUT2D eigenvalue weighted by atomic mass is 10.1. The number of benzene rings is 3. The number of amides is 1. The van der Waals surface area contributed by atoms with E-state index < -0.39 is 0 Å². The Morgan fingerprint density at radius 1 is 1.03 bits per heavy atom. The Hall–Kier alpha value is -3.02. The second-order valence-electron chi connectivity index (χ2n) is 6.68. The summed E-state index contributed by atoms with van der Waals surface area (Å²) >= 11 is 12.1. The summed E-state index contributed by atoms with van der Waals surface area (Å²) in [5.41, 5.74) is 5.59. The molecule has 7 heteroatoms. The number of hydrogen-bond acceptors (Lipinski definition) is 4. The van der Waals surface area contributed by atoms with Crippen LogP contribution in [0.1, 0.15) is 34.0 Å². The van der Waals surface area contributed by atoms with Crippen LogP contribution in [-0.2, 0) is 6.61 Å². The number of carbonyl (C=O) groups excluding carboxylic acids is 1. The van der Waals surface area contributed by atoms with Gasteiger partial charge in [-0.3, -0.25) is 4.79 Å². The first-order chi connectivity index (χ1) is 15.0. The van der Waals surface area contributed by atoms with E-state index in [4.69, 9.17) is 32.7 Å². The maximum Gasteiger partial charge on any atom is 0.271 e. The van der Waals surface area contributed by atoms with E-state index in [1.165, 1.54) is 0 Å². The Morgan fingerprint density at radius 2 is 1.84 bits per heavy atom. The van der Waals surface area contributed by atoms with E-state index in [1.807, 2.05) is 44.2 Å². The molecule has 0 spiro atoms. The molecular weight excluding hydrogens is 435 g/mol. The Labute approximate surface area is 191 Å². The fourth-order valence-electron chi connectivity index (χ4n) is 2.84.